The van der Waals surface area contributed by atoms with E-state index in [1.807, 2.05) is 12.1 Å². The first-order valence-corrected chi connectivity index (χ1v) is 6.53. The average molecular weight is 309 g/mol. The van der Waals surface area contributed by atoms with E-state index in [9.17, 15) is 10.1 Å². The Balaban J connectivity index is 2.01. The van der Waals surface area contributed by atoms with Crippen LogP contribution >= 0.6 is 23.4 Å². The van der Waals surface area contributed by atoms with Gasteiger partial charge in [-0.1, -0.05) is 12.1 Å². The molecule has 0 aliphatic rings. The van der Waals surface area contributed by atoms with Gasteiger partial charge in [0.2, 0.25) is 5.28 Å². The molecule has 0 atom stereocenters. The van der Waals surface area contributed by atoms with Crippen LogP contribution in [0.4, 0.5) is 5.69 Å². The van der Waals surface area contributed by atoms with Gasteiger partial charge < -0.3 is 4.42 Å². The van der Waals surface area contributed by atoms with Crippen LogP contribution in [0.15, 0.2) is 45.1 Å². The lowest BCUT2D eigenvalue weighted by atomic mass is 10.3. The van der Waals surface area contributed by atoms with E-state index >= 15 is 0 Å². The van der Waals surface area contributed by atoms with Gasteiger partial charge in [0, 0.05) is 0 Å². The van der Waals surface area contributed by atoms with Crippen LogP contribution in [0.5, 0.6) is 0 Å². The molecule has 0 saturated carbocycles. The molecule has 0 fully saturated rings. The first kappa shape index (κ1) is 12.8. The molecule has 3 aromatic rings. The number of halogens is 1. The highest BCUT2D eigenvalue weighted by atomic mass is 35.5. The summed E-state index contributed by atoms with van der Waals surface area (Å²) in [5, 5.41) is 11.2. The summed E-state index contributed by atoms with van der Waals surface area (Å²) in [5.41, 5.74) is 1.01. The summed E-state index contributed by atoms with van der Waals surface area (Å²) in [5.74, 6) is 0. The van der Waals surface area contributed by atoms with Gasteiger partial charge in [0.25, 0.3) is 5.22 Å². The summed E-state index contributed by atoms with van der Waals surface area (Å²) < 4.78 is 5.47. The van der Waals surface area contributed by atoms with E-state index in [-0.39, 0.29) is 21.2 Å². The molecule has 20 heavy (non-hydrogen) atoms. The number of nitro groups is 1. The van der Waals surface area contributed by atoms with Crippen LogP contribution in [0.3, 0.4) is 0 Å². The van der Waals surface area contributed by atoms with Gasteiger partial charge in [0.05, 0.1) is 4.92 Å². The van der Waals surface area contributed by atoms with Crippen LogP contribution in [0, 0.1) is 10.1 Å². The van der Waals surface area contributed by atoms with Gasteiger partial charge in [-0.15, -0.1) is 0 Å². The third-order valence-corrected chi connectivity index (χ3v) is 3.39. The second-order valence-electron chi connectivity index (χ2n) is 3.64. The van der Waals surface area contributed by atoms with Crippen LogP contribution < -0.4 is 0 Å². The second kappa shape index (κ2) is 5.06. The third-order valence-electron chi connectivity index (χ3n) is 2.36. The molecule has 2 heterocycles. The standard InChI is InChI=1S/C11H5ClN4O3S/c12-10-13-5-7(16(17)18)9(15-10)20-11-14-6-3-1-2-4-8(6)19-11/h1-5H. The summed E-state index contributed by atoms with van der Waals surface area (Å²) >= 11 is 6.58. The van der Waals surface area contributed by atoms with Gasteiger partial charge >= 0.3 is 5.69 Å². The van der Waals surface area contributed by atoms with Gasteiger partial charge in [-0.3, -0.25) is 10.1 Å². The predicted molar refractivity (Wildman–Crippen MR) is 71.8 cm³/mol. The minimum absolute atomic E-state index is 0.0748. The quantitative estimate of drug-likeness (QED) is 0.317. The van der Waals surface area contributed by atoms with Crippen molar-refractivity contribution in [2.24, 2.45) is 0 Å². The van der Waals surface area contributed by atoms with Crippen LogP contribution in [0.1, 0.15) is 0 Å². The van der Waals surface area contributed by atoms with Crippen molar-refractivity contribution in [2.45, 2.75) is 10.2 Å². The molecule has 0 aliphatic heterocycles. The first-order valence-electron chi connectivity index (χ1n) is 5.34. The van der Waals surface area contributed by atoms with Gasteiger partial charge in [0.1, 0.15) is 11.7 Å². The second-order valence-corrected chi connectivity index (χ2v) is 4.91. The molecule has 0 amide bonds. The zero-order chi connectivity index (χ0) is 14.1. The molecule has 0 spiro atoms. The number of rotatable bonds is 3. The van der Waals surface area contributed by atoms with Gasteiger partial charge in [-0.05, 0) is 35.5 Å². The Labute approximate surface area is 121 Å². The Bertz CT molecular complexity index is 774. The third kappa shape index (κ3) is 2.43. The molecule has 3 rings (SSSR count). The Hall–Kier alpha value is -2.19. The van der Waals surface area contributed by atoms with Crippen LogP contribution in [-0.4, -0.2) is 19.9 Å². The Morgan fingerprint density at radius 3 is 2.85 bits per heavy atom. The van der Waals surface area contributed by atoms with Crippen molar-refractivity contribution in [1.29, 1.82) is 0 Å². The van der Waals surface area contributed by atoms with E-state index in [0.29, 0.717) is 11.1 Å². The van der Waals surface area contributed by atoms with E-state index in [1.165, 1.54) is 0 Å². The van der Waals surface area contributed by atoms with E-state index in [1.54, 1.807) is 12.1 Å². The maximum atomic E-state index is 10.9. The SMILES string of the molecule is O=[N+]([O-])c1cnc(Cl)nc1Sc1nc2ccccc2o1. The van der Waals surface area contributed by atoms with Gasteiger partial charge in [-0.25, -0.2) is 15.0 Å². The zero-order valence-electron chi connectivity index (χ0n) is 9.69. The van der Waals surface area contributed by atoms with Gasteiger partial charge in [-0.2, -0.15) is 0 Å². The highest BCUT2D eigenvalue weighted by Crippen LogP contribution is 2.34. The number of oxazole rings is 1. The molecule has 2 aromatic heterocycles. The average Bonchev–Trinajstić information content (AvgIpc) is 2.80. The van der Waals surface area contributed by atoms with Crippen LogP contribution in [-0.2, 0) is 0 Å². The van der Waals surface area contributed by atoms with Crippen molar-refractivity contribution in [3.05, 3.63) is 45.9 Å². The number of hydrogen-bond acceptors (Lipinski definition) is 7. The molecule has 100 valence electrons. The number of fused-ring (bicyclic) bond motifs is 1. The Kier molecular flexibility index (Phi) is 3.25. The molecular formula is C11H5ClN4O3S. The molecule has 7 nitrogen and oxygen atoms in total. The van der Waals surface area contributed by atoms with Crippen molar-refractivity contribution in [3.63, 3.8) is 0 Å². The van der Waals surface area contributed by atoms with Crippen LogP contribution in [0.2, 0.25) is 5.28 Å². The fraction of sp³-hybridized carbons (Fsp3) is 0. The lowest BCUT2D eigenvalue weighted by molar-refractivity contribution is -0.388. The molecule has 0 unspecified atom stereocenters. The molecule has 9 heteroatoms. The van der Waals surface area contributed by atoms with Crippen molar-refractivity contribution >= 4 is 40.1 Å². The van der Waals surface area contributed by atoms with Crippen molar-refractivity contribution in [3.8, 4) is 0 Å². The number of benzene rings is 1. The lowest BCUT2D eigenvalue weighted by Crippen LogP contribution is -1.95. The maximum absolute atomic E-state index is 10.9. The lowest BCUT2D eigenvalue weighted by Gasteiger charge is -1.98. The maximum Gasteiger partial charge on any atom is 0.320 e. The smallest absolute Gasteiger partial charge is 0.320 e. The number of para-hydroxylation sites is 2. The summed E-state index contributed by atoms with van der Waals surface area (Å²) in [6.07, 6.45) is 1.06. The summed E-state index contributed by atoms with van der Waals surface area (Å²) in [7, 11) is 0. The summed E-state index contributed by atoms with van der Waals surface area (Å²) in [6.45, 7) is 0. The van der Waals surface area contributed by atoms with Crippen molar-refractivity contribution < 1.29 is 9.34 Å². The van der Waals surface area contributed by atoms with Crippen molar-refractivity contribution in [2.75, 3.05) is 0 Å². The fourth-order valence-electron chi connectivity index (χ4n) is 1.52. The van der Waals surface area contributed by atoms with E-state index < -0.39 is 4.92 Å². The Morgan fingerprint density at radius 2 is 2.10 bits per heavy atom. The minimum atomic E-state index is -0.582. The van der Waals surface area contributed by atoms with E-state index in [2.05, 4.69) is 15.0 Å². The molecule has 1 aromatic carbocycles. The topological polar surface area (TPSA) is 95.0 Å². The highest BCUT2D eigenvalue weighted by molar-refractivity contribution is 7.99. The normalized spacial score (nSPS) is 10.8. The molecule has 0 aliphatic carbocycles. The summed E-state index contributed by atoms with van der Waals surface area (Å²) in [4.78, 5) is 22.0. The zero-order valence-corrected chi connectivity index (χ0v) is 11.3. The Morgan fingerprint density at radius 1 is 1.30 bits per heavy atom. The predicted octanol–water partition coefficient (Wildman–Crippen LogP) is 3.33. The van der Waals surface area contributed by atoms with E-state index in [4.69, 9.17) is 16.0 Å². The van der Waals surface area contributed by atoms with Crippen LogP contribution in [0.25, 0.3) is 11.1 Å². The molecular weight excluding hydrogens is 304 g/mol. The molecule has 0 bridgehead atoms. The molecule has 0 saturated heterocycles. The highest BCUT2D eigenvalue weighted by Gasteiger charge is 2.20. The summed E-state index contributed by atoms with van der Waals surface area (Å²) in [6, 6.07) is 7.17. The minimum Gasteiger partial charge on any atom is -0.431 e. The first-order chi connectivity index (χ1) is 9.63. The number of aromatic nitrogens is 3. The molecule has 0 N–H and O–H groups in total. The van der Waals surface area contributed by atoms with Crippen molar-refractivity contribution in [1.82, 2.24) is 15.0 Å². The monoisotopic (exact) mass is 308 g/mol. The number of nitrogens with zero attached hydrogens (tertiary/aromatic N) is 4. The van der Waals surface area contributed by atoms with E-state index in [0.717, 1.165) is 18.0 Å². The largest absolute Gasteiger partial charge is 0.431 e. The fourth-order valence-corrected chi connectivity index (χ4v) is 2.51. The molecule has 0 radical (unpaired) electrons. The number of hydrogen-bond donors (Lipinski definition) is 0. The van der Waals surface area contributed by atoms with Gasteiger partial charge in [0.15, 0.2) is 10.6 Å².